The molecule has 130 valence electrons. The van der Waals surface area contributed by atoms with Crippen molar-refractivity contribution in [3.05, 3.63) is 70.2 Å². The summed E-state index contributed by atoms with van der Waals surface area (Å²) in [6.45, 7) is 3.53. The first-order valence-electron chi connectivity index (χ1n) is 8.29. The second-order valence-electron chi connectivity index (χ2n) is 6.13. The number of nitrogens with zero attached hydrogens (tertiary/aromatic N) is 1. The summed E-state index contributed by atoms with van der Waals surface area (Å²) in [5.74, 6) is -0.0687. The van der Waals surface area contributed by atoms with Gasteiger partial charge in [-0.3, -0.25) is 9.69 Å². The van der Waals surface area contributed by atoms with Crippen LogP contribution in [0.2, 0.25) is 10.0 Å². The van der Waals surface area contributed by atoms with E-state index in [2.05, 4.69) is 40.6 Å². The number of rotatable bonds is 4. The van der Waals surface area contributed by atoms with Crippen molar-refractivity contribution in [3.8, 4) is 0 Å². The highest BCUT2D eigenvalue weighted by molar-refractivity contribution is 6.36. The lowest BCUT2D eigenvalue weighted by atomic mass is 9.99. The monoisotopic (exact) mass is 374 g/mol. The van der Waals surface area contributed by atoms with Crippen LogP contribution in [0.4, 0.5) is 5.69 Å². The quantitative estimate of drug-likeness (QED) is 0.806. The van der Waals surface area contributed by atoms with Gasteiger partial charge < -0.3 is 5.32 Å². The Kier molecular flexibility index (Phi) is 5.79. The zero-order chi connectivity index (χ0) is 17.8. The van der Waals surface area contributed by atoms with Gasteiger partial charge in [0.25, 0.3) is 0 Å². The molecular weight excluding hydrogens is 355 g/mol. The Hall–Kier alpha value is -1.81. The average molecular weight is 375 g/mol. The number of carbonyl (C=O) groups is 1. The van der Waals surface area contributed by atoms with Crippen molar-refractivity contribution in [2.24, 2.45) is 0 Å². The van der Waals surface area contributed by atoms with E-state index in [0.717, 1.165) is 19.5 Å². The summed E-state index contributed by atoms with van der Waals surface area (Å²) in [6, 6.07) is 15.2. The molecule has 0 saturated heterocycles. The molecule has 0 spiro atoms. The number of halogens is 2. The van der Waals surface area contributed by atoms with E-state index in [4.69, 9.17) is 23.2 Å². The Bertz CT molecular complexity index is 790. The summed E-state index contributed by atoms with van der Waals surface area (Å²) in [7, 11) is 0. The van der Waals surface area contributed by atoms with E-state index in [0.29, 0.717) is 15.7 Å². The molecule has 3 nitrogen and oxygen atoms in total. The Morgan fingerprint density at radius 3 is 2.56 bits per heavy atom. The Morgan fingerprint density at radius 2 is 1.92 bits per heavy atom. The van der Waals surface area contributed by atoms with E-state index in [1.54, 1.807) is 18.2 Å². The number of nitrogens with one attached hydrogen (secondary N) is 1. The summed E-state index contributed by atoms with van der Waals surface area (Å²) in [6.07, 6.45) is 3.14. The van der Waals surface area contributed by atoms with E-state index in [1.165, 1.54) is 11.1 Å². The summed E-state index contributed by atoms with van der Waals surface area (Å²) in [5, 5.41) is 3.87. The van der Waals surface area contributed by atoms with Crippen LogP contribution in [0.25, 0.3) is 5.57 Å². The van der Waals surface area contributed by atoms with Crippen molar-refractivity contribution in [1.82, 2.24) is 4.90 Å². The van der Waals surface area contributed by atoms with E-state index >= 15 is 0 Å². The molecule has 0 bridgehead atoms. The predicted octanol–water partition coefficient (Wildman–Crippen LogP) is 5.11. The molecule has 0 unspecified atom stereocenters. The highest BCUT2D eigenvalue weighted by atomic mass is 35.5. The molecule has 1 aliphatic heterocycles. The minimum absolute atomic E-state index is 0.0687. The van der Waals surface area contributed by atoms with Crippen LogP contribution in [0.5, 0.6) is 0 Å². The lowest BCUT2D eigenvalue weighted by molar-refractivity contribution is -0.120. The average Bonchev–Trinajstić information content (AvgIpc) is 2.64. The summed E-state index contributed by atoms with van der Waals surface area (Å²) >= 11 is 12.0. The van der Waals surface area contributed by atoms with E-state index in [1.807, 2.05) is 13.0 Å². The molecule has 0 fully saturated rings. The molecule has 1 aliphatic rings. The van der Waals surface area contributed by atoms with Crippen LogP contribution in [0.1, 0.15) is 18.9 Å². The second kappa shape index (κ2) is 8.05. The third kappa shape index (κ3) is 4.43. The number of carbonyl (C=O) groups excluding carboxylic acids is 1. The minimum Gasteiger partial charge on any atom is -0.323 e. The summed E-state index contributed by atoms with van der Waals surface area (Å²) < 4.78 is 0. The molecule has 1 atom stereocenters. The van der Waals surface area contributed by atoms with Gasteiger partial charge in [0.15, 0.2) is 0 Å². The first-order valence-corrected chi connectivity index (χ1v) is 9.04. The molecule has 0 aliphatic carbocycles. The maximum atomic E-state index is 12.5. The van der Waals surface area contributed by atoms with Gasteiger partial charge in [0.05, 0.1) is 16.8 Å². The Morgan fingerprint density at radius 1 is 1.16 bits per heavy atom. The molecule has 0 saturated carbocycles. The van der Waals surface area contributed by atoms with Crippen LogP contribution in [-0.2, 0) is 4.79 Å². The van der Waals surface area contributed by atoms with Crippen LogP contribution < -0.4 is 5.32 Å². The number of anilines is 1. The normalized spacial score (nSPS) is 16.2. The third-order valence-electron chi connectivity index (χ3n) is 4.50. The SMILES string of the molecule is C[C@H](C(=O)Nc1ccc(Cl)cc1Cl)N1CC=C(c2ccccc2)CC1. The zero-order valence-electron chi connectivity index (χ0n) is 14.0. The van der Waals surface area contributed by atoms with Gasteiger partial charge >= 0.3 is 0 Å². The second-order valence-corrected chi connectivity index (χ2v) is 6.97. The lowest BCUT2D eigenvalue weighted by Gasteiger charge is -2.31. The number of hydrogen-bond donors (Lipinski definition) is 1. The van der Waals surface area contributed by atoms with Gasteiger partial charge in [-0.1, -0.05) is 59.6 Å². The summed E-state index contributed by atoms with van der Waals surface area (Å²) in [4.78, 5) is 14.7. The molecule has 0 aromatic heterocycles. The number of hydrogen-bond acceptors (Lipinski definition) is 2. The Balaban J connectivity index is 1.63. The molecule has 3 rings (SSSR count). The maximum Gasteiger partial charge on any atom is 0.241 e. The van der Waals surface area contributed by atoms with Crippen LogP contribution in [-0.4, -0.2) is 29.9 Å². The molecule has 2 aromatic carbocycles. The number of benzene rings is 2. The van der Waals surface area contributed by atoms with Crippen molar-refractivity contribution in [2.75, 3.05) is 18.4 Å². The van der Waals surface area contributed by atoms with E-state index in [9.17, 15) is 4.79 Å². The van der Waals surface area contributed by atoms with E-state index < -0.39 is 0 Å². The molecule has 25 heavy (non-hydrogen) atoms. The van der Waals surface area contributed by atoms with Gasteiger partial charge in [0.2, 0.25) is 5.91 Å². The first-order chi connectivity index (χ1) is 12.0. The molecule has 0 radical (unpaired) electrons. The highest BCUT2D eigenvalue weighted by Crippen LogP contribution is 2.26. The topological polar surface area (TPSA) is 32.3 Å². The fraction of sp³-hybridized carbons (Fsp3) is 0.250. The predicted molar refractivity (Wildman–Crippen MR) is 105 cm³/mol. The van der Waals surface area contributed by atoms with Gasteiger partial charge in [0, 0.05) is 18.1 Å². The zero-order valence-corrected chi connectivity index (χ0v) is 15.5. The van der Waals surface area contributed by atoms with Crippen LogP contribution >= 0.6 is 23.2 Å². The molecule has 5 heteroatoms. The maximum absolute atomic E-state index is 12.5. The van der Waals surface area contributed by atoms with Crippen molar-refractivity contribution < 1.29 is 4.79 Å². The fourth-order valence-electron chi connectivity index (χ4n) is 2.94. The summed E-state index contributed by atoms with van der Waals surface area (Å²) in [5.41, 5.74) is 3.18. The highest BCUT2D eigenvalue weighted by Gasteiger charge is 2.23. The third-order valence-corrected chi connectivity index (χ3v) is 5.05. The van der Waals surface area contributed by atoms with Crippen molar-refractivity contribution in [2.45, 2.75) is 19.4 Å². The minimum atomic E-state index is -0.236. The van der Waals surface area contributed by atoms with Gasteiger partial charge in [-0.25, -0.2) is 0 Å². The van der Waals surface area contributed by atoms with Crippen molar-refractivity contribution in [1.29, 1.82) is 0 Å². The smallest absolute Gasteiger partial charge is 0.241 e. The number of amides is 1. The molecule has 1 amide bonds. The standard InChI is InChI=1S/C20H20Cl2N2O/c1-14(20(25)23-19-8-7-17(21)13-18(19)22)24-11-9-16(10-12-24)15-5-3-2-4-6-15/h2-9,13-14H,10-12H2,1H3,(H,23,25)/t14-/m1/s1. The van der Waals surface area contributed by atoms with Crippen LogP contribution in [0.3, 0.4) is 0 Å². The Labute approximate surface area is 158 Å². The fourth-order valence-corrected chi connectivity index (χ4v) is 3.40. The first kappa shape index (κ1) is 18.0. The van der Waals surface area contributed by atoms with Crippen molar-refractivity contribution in [3.63, 3.8) is 0 Å². The lowest BCUT2D eigenvalue weighted by Crippen LogP contribution is -2.44. The molecular formula is C20H20Cl2N2O. The van der Waals surface area contributed by atoms with Crippen LogP contribution in [0, 0.1) is 0 Å². The van der Waals surface area contributed by atoms with E-state index in [-0.39, 0.29) is 11.9 Å². The largest absolute Gasteiger partial charge is 0.323 e. The van der Waals surface area contributed by atoms with Gasteiger partial charge in [-0.15, -0.1) is 0 Å². The van der Waals surface area contributed by atoms with Gasteiger partial charge in [-0.05, 0) is 42.7 Å². The van der Waals surface area contributed by atoms with Crippen LogP contribution in [0.15, 0.2) is 54.6 Å². The molecule has 2 aromatic rings. The van der Waals surface area contributed by atoms with Crippen molar-refractivity contribution >= 4 is 40.4 Å². The van der Waals surface area contributed by atoms with Gasteiger partial charge in [-0.2, -0.15) is 0 Å². The van der Waals surface area contributed by atoms with Gasteiger partial charge in [0.1, 0.15) is 0 Å². The molecule has 1 N–H and O–H groups in total. The molecule has 1 heterocycles.